The first kappa shape index (κ1) is 25.9. The molecule has 1 aliphatic heterocycles. The molecule has 1 heterocycles. The summed E-state index contributed by atoms with van der Waals surface area (Å²) in [4.78, 5) is 38.5. The zero-order chi connectivity index (χ0) is 25.3. The quantitative estimate of drug-likeness (QED) is 0.182. The molecule has 0 atom stereocenters. The number of anilines is 1. The maximum absolute atomic E-state index is 13.7. The first-order chi connectivity index (χ1) is 16.6. The van der Waals surface area contributed by atoms with Crippen molar-refractivity contribution in [2.24, 2.45) is 0 Å². The van der Waals surface area contributed by atoms with Gasteiger partial charge in [0, 0.05) is 15.6 Å². The molecule has 6 nitrogen and oxygen atoms in total. The van der Waals surface area contributed by atoms with Gasteiger partial charge in [-0.1, -0.05) is 35.3 Å². The summed E-state index contributed by atoms with van der Waals surface area (Å²) in [6, 6.07) is 12.7. The minimum absolute atomic E-state index is 0.0136. The molecule has 4 amide bonds. The average Bonchev–Trinajstić information content (AvgIpc) is 2.77. The Labute approximate surface area is 236 Å². The van der Waals surface area contributed by atoms with Crippen molar-refractivity contribution >= 4 is 98.0 Å². The lowest BCUT2D eigenvalue weighted by Crippen LogP contribution is -2.54. The van der Waals surface area contributed by atoms with Crippen LogP contribution < -0.4 is 15.0 Å². The maximum atomic E-state index is 13.7. The number of halogens is 5. The molecule has 0 saturated carbocycles. The van der Waals surface area contributed by atoms with Gasteiger partial charge in [0.25, 0.3) is 11.8 Å². The summed E-state index contributed by atoms with van der Waals surface area (Å²) in [5.41, 5.74) is 1.06. The number of urea groups is 1. The number of rotatable bonds is 5. The highest BCUT2D eigenvalue weighted by Crippen LogP contribution is 2.32. The van der Waals surface area contributed by atoms with E-state index >= 15 is 0 Å². The second kappa shape index (κ2) is 10.8. The van der Waals surface area contributed by atoms with Gasteiger partial charge in [-0.2, -0.15) is 0 Å². The number of hydrogen-bond acceptors (Lipinski definition) is 4. The molecule has 178 valence electrons. The van der Waals surface area contributed by atoms with Gasteiger partial charge in [0.15, 0.2) is 0 Å². The lowest BCUT2D eigenvalue weighted by molar-refractivity contribution is -0.122. The van der Waals surface area contributed by atoms with Crippen molar-refractivity contribution < 1.29 is 23.5 Å². The van der Waals surface area contributed by atoms with Crippen LogP contribution in [0.3, 0.4) is 0 Å². The first-order valence-corrected chi connectivity index (χ1v) is 12.8. The molecule has 35 heavy (non-hydrogen) atoms. The van der Waals surface area contributed by atoms with Gasteiger partial charge in [0.05, 0.1) is 12.8 Å². The number of imide groups is 2. The number of hydrogen-bond donors (Lipinski definition) is 1. The van der Waals surface area contributed by atoms with Crippen molar-refractivity contribution in [2.45, 2.75) is 6.61 Å². The predicted octanol–water partition coefficient (Wildman–Crippen LogP) is 6.59. The summed E-state index contributed by atoms with van der Waals surface area (Å²) in [5.74, 6) is -1.71. The molecule has 0 spiro atoms. The fourth-order valence-corrected chi connectivity index (χ4v) is 5.85. The molecule has 0 aromatic heterocycles. The van der Waals surface area contributed by atoms with Crippen molar-refractivity contribution in [3.8, 4) is 5.75 Å². The van der Waals surface area contributed by atoms with Crippen molar-refractivity contribution in [2.75, 3.05) is 4.90 Å². The molecular weight excluding hydrogens is 724 g/mol. The van der Waals surface area contributed by atoms with Gasteiger partial charge in [-0.05, 0) is 99.3 Å². The lowest BCUT2D eigenvalue weighted by atomic mass is 10.1. The number of ether oxygens (including phenoxy) is 1. The van der Waals surface area contributed by atoms with E-state index in [-0.39, 0.29) is 17.9 Å². The minimum atomic E-state index is -0.948. The fraction of sp³-hybridized carbons (Fsp3) is 0.0417. The van der Waals surface area contributed by atoms with E-state index < -0.39 is 23.7 Å². The Morgan fingerprint density at radius 2 is 1.71 bits per heavy atom. The molecule has 1 fully saturated rings. The maximum Gasteiger partial charge on any atom is 0.335 e. The van der Waals surface area contributed by atoms with Crippen molar-refractivity contribution in [3.05, 3.63) is 94.3 Å². The van der Waals surface area contributed by atoms with Crippen LogP contribution in [-0.2, 0) is 16.2 Å². The Morgan fingerprint density at radius 1 is 1.00 bits per heavy atom. The second-order valence-corrected chi connectivity index (χ2v) is 10.4. The molecular formula is C24H13Cl2FI2N2O4. The SMILES string of the molecule is O=C1NC(=O)N(c2cccc(F)c2)C(=O)/C1=C/c1cc(I)c(OCc2ccc(Cl)cc2Cl)c(I)c1. The average molecular weight is 737 g/mol. The third-order valence-corrected chi connectivity index (χ3v) is 7.08. The smallest absolute Gasteiger partial charge is 0.335 e. The molecule has 0 aliphatic carbocycles. The third kappa shape index (κ3) is 5.79. The molecule has 1 saturated heterocycles. The van der Waals surface area contributed by atoms with Gasteiger partial charge in [-0.3, -0.25) is 14.9 Å². The standard InChI is InChI=1S/C24H13Cl2FI2N2O4/c25-14-5-4-13(18(26)9-14)11-35-21-19(28)7-12(8-20(21)29)6-17-22(32)30-24(34)31(23(17)33)16-3-1-2-15(27)10-16/h1-10H,11H2,(H,30,32,34)/b17-6+. The summed E-state index contributed by atoms with van der Waals surface area (Å²) in [6.07, 6.45) is 1.38. The number of amides is 4. The minimum Gasteiger partial charge on any atom is -0.487 e. The largest absolute Gasteiger partial charge is 0.487 e. The van der Waals surface area contributed by atoms with Crippen LogP contribution in [-0.4, -0.2) is 17.8 Å². The predicted molar refractivity (Wildman–Crippen MR) is 148 cm³/mol. The van der Waals surface area contributed by atoms with Crippen LogP contribution in [0, 0.1) is 13.0 Å². The Balaban J connectivity index is 1.61. The summed E-state index contributed by atoms with van der Waals surface area (Å²) in [5, 5.41) is 3.14. The summed E-state index contributed by atoms with van der Waals surface area (Å²) < 4.78 is 21.1. The number of carbonyl (C=O) groups excluding carboxylic acids is 3. The van der Waals surface area contributed by atoms with Crippen LogP contribution in [0.15, 0.2) is 60.2 Å². The molecule has 4 rings (SSSR count). The number of benzene rings is 3. The Hall–Kier alpha value is -2.22. The highest BCUT2D eigenvalue weighted by atomic mass is 127. The number of carbonyl (C=O) groups is 3. The van der Waals surface area contributed by atoms with Crippen LogP contribution in [0.4, 0.5) is 14.9 Å². The van der Waals surface area contributed by atoms with E-state index in [2.05, 4.69) is 50.5 Å². The van der Waals surface area contributed by atoms with E-state index in [1.165, 1.54) is 24.3 Å². The van der Waals surface area contributed by atoms with Crippen molar-refractivity contribution in [1.29, 1.82) is 0 Å². The van der Waals surface area contributed by atoms with E-state index in [1.807, 2.05) is 0 Å². The van der Waals surface area contributed by atoms with E-state index in [9.17, 15) is 18.8 Å². The van der Waals surface area contributed by atoms with Crippen LogP contribution in [0.25, 0.3) is 6.08 Å². The van der Waals surface area contributed by atoms with E-state index in [4.69, 9.17) is 27.9 Å². The van der Waals surface area contributed by atoms with Crippen LogP contribution in [0.1, 0.15) is 11.1 Å². The zero-order valence-corrected chi connectivity index (χ0v) is 23.3. The monoisotopic (exact) mass is 736 g/mol. The summed E-state index contributed by atoms with van der Waals surface area (Å²) in [6.45, 7) is 0.216. The molecule has 3 aromatic carbocycles. The van der Waals surface area contributed by atoms with Crippen LogP contribution in [0.2, 0.25) is 10.0 Å². The van der Waals surface area contributed by atoms with Gasteiger partial charge in [0.1, 0.15) is 23.7 Å². The van der Waals surface area contributed by atoms with Gasteiger partial charge >= 0.3 is 6.03 Å². The van der Waals surface area contributed by atoms with E-state index in [0.29, 0.717) is 21.4 Å². The fourth-order valence-electron chi connectivity index (χ4n) is 3.26. The van der Waals surface area contributed by atoms with Crippen molar-refractivity contribution in [1.82, 2.24) is 5.32 Å². The highest BCUT2D eigenvalue weighted by Gasteiger charge is 2.37. The summed E-state index contributed by atoms with van der Waals surface area (Å²) >= 11 is 16.3. The van der Waals surface area contributed by atoms with E-state index in [0.717, 1.165) is 23.7 Å². The molecule has 11 heteroatoms. The third-order valence-electron chi connectivity index (χ3n) is 4.89. The van der Waals surface area contributed by atoms with Gasteiger partial charge in [-0.15, -0.1) is 0 Å². The molecule has 0 bridgehead atoms. The molecule has 1 N–H and O–H groups in total. The summed E-state index contributed by atoms with van der Waals surface area (Å²) in [7, 11) is 0. The van der Waals surface area contributed by atoms with Gasteiger partial charge in [-0.25, -0.2) is 14.1 Å². The molecule has 1 aliphatic rings. The Bertz CT molecular complexity index is 1390. The Morgan fingerprint density at radius 3 is 2.37 bits per heavy atom. The molecule has 0 unspecified atom stereocenters. The molecule has 0 radical (unpaired) electrons. The van der Waals surface area contributed by atoms with Crippen molar-refractivity contribution in [3.63, 3.8) is 0 Å². The normalized spacial score (nSPS) is 14.9. The van der Waals surface area contributed by atoms with Gasteiger partial charge in [0.2, 0.25) is 0 Å². The number of nitrogens with one attached hydrogen (secondary N) is 1. The first-order valence-electron chi connectivity index (χ1n) is 9.87. The lowest BCUT2D eigenvalue weighted by Gasteiger charge is -2.26. The van der Waals surface area contributed by atoms with Crippen LogP contribution in [0.5, 0.6) is 5.75 Å². The number of nitrogens with zero attached hydrogens (tertiary/aromatic N) is 1. The zero-order valence-electron chi connectivity index (χ0n) is 17.5. The Kier molecular flexibility index (Phi) is 7.99. The highest BCUT2D eigenvalue weighted by molar-refractivity contribution is 14.1. The topological polar surface area (TPSA) is 75.7 Å². The van der Waals surface area contributed by atoms with Gasteiger partial charge < -0.3 is 4.74 Å². The van der Waals surface area contributed by atoms with E-state index in [1.54, 1.807) is 30.3 Å². The molecule has 3 aromatic rings. The van der Waals surface area contributed by atoms with Crippen LogP contribution >= 0.6 is 68.4 Å². The second-order valence-electron chi connectivity index (χ2n) is 7.28. The number of barbiturate groups is 1.